The van der Waals surface area contributed by atoms with E-state index in [0.29, 0.717) is 17.8 Å². The van der Waals surface area contributed by atoms with Crippen LogP contribution in [-0.4, -0.2) is 17.9 Å². The van der Waals surface area contributed by atoms with Crippen molar-refractivity contribution < 1.29 is 22.8 Å². The summed E-state index contributed by atoms with van der Waals surface area (Å²) < 4.78 is 39.2. The normalized spacial score (nSPS) is 39.8. The van der Waals surface area contributed by atoms with E-state index in [0.717, 1.165) is 50.7 Å². The molecule has 3 fully saturated rings. The average Bonchev–Trinajstić information content (AvgIpc) is 3.11. The Morgan fingerprint density at radius 1 is 1.09 bits per heavy atom. The molecule has 1 aliphatic heterocycles. The lowest BCUT2D eigenvalue weighted by Gasteiger charge is -2.58. The van der Waals surface area contributed by atoms with E-state index < -0.39 is 11.7 Å². The fourth-order valence-corrected chi connectivity index (χ4v) is 7.77. The SMILES string of the molecule is C[C@]12C=CC(=O)N[C@@H]1CC[C@@H]1[C@@H]2CC[C@]2(C)[C@@H](C(=O)Nc3cccc(C(F)(F)F)c3)CC[C@@H]12. The zero-order chi connectivity index (χ0) is 23.6. The van der Waals surface area contributed by atoms with E-state index in [1.807, 2.05) is 0 Å². The van der Waals surface area contributed by atoms with Crippen molar-refractivity contribution in [3.8, 4) is 0 Å². The highest BCUT2D eigenvalue weighted by Gasteiger charge is 2.60. The predicted octanol–water partition coefficient (Wildman–Crippen LogP) is 5.56. The van der Waals surface area contributed by atoms with Crippen LogP contribution in [0.15, 0.2) is 36.4 Å². The van der Waals surface area contributed by atoms with Crippen LogP contribution in [0.3, 0.4) is 0 Å². The average molecular weight is 461 g/mol. The van der Waals surface area contributed by atoms with Gasteiger partial charge in [0.25, 0.3) is 0 Å². The summed E-state index contributed by atoms with van der Waals surface area (Å²) in [5.41, 5.74) is -0.769. The summed E-state index contributed by atoms with van der Waals surface area (Å²) in [7, 11) is 0. The molecule has 3 saturated carbocycles. The molecule has 2 amide bonds. The summed E-state index contributed by atoms with van der Waals surface area (Å²) in [5, 5.41) is 5.95. The van der Waals surface area contributed by atoms with Gasteiger partial charge in [-0.25, -0.2) is 0 Å². The molecule has 0 aromatic heterocycles. The molecule has 7 heteroatoms. The Labute approximate surface area is 192 Å². The van der Waals surface area contributed by atoms with E-state index in [1.54, 1.807) is 6.08 Å². The van der Waals surface area contributed by atoms with Gasteiger partial charge in [-0.2, -0.15) is 13.2 Å². The minimum absolute atomic E-state index is 0.0104. The summed E-state index contributed by atoms with van der Waals surface area (Å²) in [5.74, 6) is 1.00. The molecule has 4 aliphatic rings. The quantitative estimate of drug-likeness (QED) is 0.607. The molecule has 33 heavy (non-hydrogen) atoms. The molecule has 0 bridgehead atoms. The van der Waals surface area contributed by atoms with Gasteiger partial charge in [0.2, 0.25) is 11.8 Å². The second kappa shape index (κ2) is 7.60. The van der Waals surface area contributed by atoms with Crippen LogP contribution >= 0.6 is 0 Å². The first-order chi connectivity index (χ1) is 15.5. The lowest BCUT2D eigenvalue weighted by Crippen LogP contribution is -2.59. The molecular formula is C26H31F3N2O2. The standard InChI is InChI=1S/C26H31F3N2O2/c1-24-12-10-19-17(6-9-21-25(19,2)13-11-22(32)31-21)18(24)7-8-20(24)23(33)30-16-5-3-4-15(14-16)26(27,28)29/h3-5,11,13-14,17-21H,6-10,12H2,1-2H3,(H,30,33)(H,31,32)/t17-,18-,19-,20+,21+,24-,25+/m0/s1. The minimum atomic E-state index is -4.44. The molecule has 0 saturated heterocycles. The summed E-state index contributed by atoms with van der Waals surface area (Å²) in [6.07, 6.45) is 4.99. The fourth-order valence-electron chi connectivity index (χ4n) is 7.77. The van der Waals surface area contributed by atoms with Crippen molar-refractivity contribution in [3.63, 3.8) is 0 Å². The third-order valence-corrected chi connectivity index (χ3v) is 9.46. The summed E-state index contributed by atoms with van der Waals surface area (Å²) in [6.45, 7) is 4.48. The Balaban J connectivity index is 1.35. The van der Waals surface area contributed by atoms with Crippen LogP contribution < -0.4 is 10.6 Å². The molecule has 0 radical (unpaired) electrons. The van der Waals surface area contributed by atoms with Gasteiger partial charge in [-0.15, -0.1) is 0 Å². The number of hydrogen-bond donors (Lipinski definition) is 2. The maximum Gasteiger partial charge on any atom is 0.416 e. The third-order valence-electron chi connectivity index (χ3n) is 9.46. The molecule has 0 spiro atoms. The first-order valence-electron chi connectivity index (χ1n) is 12.0. The number of carbonyl (C=O) groups excluding carboxylic acids is 2. The first kappa shape index (κ1) is 22.5. The molecule has 4 nitrogen and oxygen atoms in total. The largest absolute Gasteiger partial charge is 0.416 e. The smallest absolute Gasteiger partial charge is 0.349 e. The highest BCUT2D eigenvalue weighted by Crippen LogP contribution is 2.65. The third kappa shape index (κ3) is 3.58. The number of hydrogen-bond acceptors (Lipinski definition) is 2. The van der Waals surface area contributed by atoms with Gasteiger partial charge in [-0.1, -0.05) is 26.0 Å². The highest BCUT2D eigenvalue weighted by molar-refractivity contribution is 5.93. The van der Waals surface area contributed by atoms with Crippen LogP contribution in [0.2, 0.25) is 0 Å². The second-order valence-corrected chi connectivity index (χ2v) is 11.0. The van der Waals surface area contributed by atoms with E-state index in [-0.39, 0.29) is 40.3 Å². The lowest BCUT2D eigenvalue weighted by atomic mass is 9.48. The van der Waals surface area contributed by atoms with Gasteiger partial charge >= 0.3 is 6.18 Å². The van der Waals surface area contributed by atoms with E-state index in [9.17, 15) is 22.8 Å². The number of halogens is 3. The minimum Gasteiger partial charge on any atom is -0.349 e. The van der Waals surface area contributed by atoms with Crippen molar-refractivity contribution in [2.45, 2.75) is 64.6 Å². The number of carbonyl (C=O) groups is 2. The predicted molar refractivity (Wildman–Crippen MR) is 119 cm³/mol. The number of anilines is 1. The van der Waals surface area contributed by atoms with Gasteiger partial charge < -0.3 is 10.6 Å². The van der Waals surface area contributed by atoms with Crippen LogP contribution in [-0.2, 0) is 15.8 Å². The van der Waals surface area contributed by atoms with Crippen molar-refractivity contribution in [1.29, 1.82) is 0 Å². The van der Waals surface area contributed by atoms with Gasteiger partial charge in [0.1, 0.15) is 0 Å². The van der Waals surface area contributed by atoms with Crippen LogP contribution in [0.5, 0.6) is 0 Å². The lowest BCUT2D eigenvalue weighted by molar-refractivity contribution is -0.137. The Hall–Kier alpha value is -2.31. The van der Waals surface area contributed by atoms with Gasteiger partial charge in [0.15, 0.2) is 0 Å². The van der Waals surface area contributed by atoms with E-state index in [4.69, 9.17) is 0 Å². The molecular weight excluding hydrogens is 429 g/mol. The monoisotopic (exact) mass is 460 g/mol. The number of benzene rings is 1. The Kier molecular flexibility index (Phi) is 5.18. The first-order valence-corrected chi connectivity index (χ1v) is 12.0. The number of nitrogens with one attached hydrogen (secondary N) is 2. The summed E-state index contributed by atoms with van der Waals surface area (Å²) in [4.78, 5) is 25.2. The van der Waals surface area contributed by atoms with Gasteiger partial charge in [-0.3, -0.25) is 9.59 Å². The Morgan fingerprint density at radius 2 is 1.88 bits per heavy atom. The highest BCUT2D eigenvalue weighted by atomic mass is 19.4. The van der Waals surface area contributed by atoms with Crippen LogP contribution in [0, 0.1) is 34.5 Å². The van der Waals surface area contributed by atoms with E-state index in [1.165, 1.54) is 12.1 Å². The van der Waals surface area contributed by atoms with Crippen molar-refractivity contribution in [2.75, 3.05) is 5.32 Å². The van der Waals surface area contributed by atoms with Gasteiger partial charge in [0.05, 0.1) is 5.56 Å². The second-order valence-electron chi connectivity index (χ2n) is 11.0. The fraction of sp³-hybridized carbons (Fsp3) is 0.615. The zero-order valence-corrected chi connectivity index (χ0v) is 19.0. The topological polar surface area (TPSA) is 58.2 Å². The molecule has 1 heterocycles. The Morgan fingerprint density at radius 3 is 2.64 bits per heavy atom. The molecule has 5 rings (SSSR count). The van der Waals surface area contributed by atoms with E-state index >= 15 is 0 Å². The van der Waals surface area contributed by atoms with Crippen LogP contribution in [0.4, 0.5) is 18.9 Å². The number of alkyl halides is 3. The number of rotatable bonds is 2. The molecule has 1 aromatic carbocycles. The van der Waals surface area contributed by atoms with Gasteiger partial charge in [0, 0.05) is 23.1 Å². The number of amides is 2. The molecule has 3 aliphatic carbocycles. The Bertz CT molecular complexity index is 1010. The molecule has 0 unspecified atom stereocenters. The van der Waals surface area contributed by atoms with Crippen molar-refractivity contribution in [1.82, 2.24) is 5.32 Å². The summed E-state index contributed by atoms with van der Waals surface area (Å²) in [6, 6.07) is 5.04. The van der Waals surface area contributed by atoms with Crippen molar-refractivity contribution >= 4 is 17.5 Å². The van der Waals surface area contributed by atoms with E-state index in [2.05, 4.69) is 30.6 Å². The summed E-state index contributed by atoms with van der Waals surface area (Å²) >= 11 is 0. The maximum absolute atomic E-state index is 13.3. The zero-order valence-electron chi connectivity index (χ0n) is 19.0. The maximum atomic E-state index is 13.3. The number of fused-ring (bicyclic) bond motifs is 5. The molecule has 1 aromatic rings. The molecule has 178 valence electrons. The molecule has 7 atom stereocenters. The van der Waals surface area contributed by atoms with Crippen molar-refractivity contribution in [3.05, 3.63) is 42.0 Å². The van der Waals surface area contributed by atoms with Crippen LogP contribution in [0.25, 0.3) is 0 Å². The molecule has 2 N–H and O–H groups in total. The van der Waals surface area contributed by atoms with Crippen LogP contribution in [0.1, 0.15) is 57.9 Å². The van der Waals surface area contributed by atoms with Gasteiger partial charge in [-0.05, 0) is 86.0 Å². The van der Waals surface area contributed by atoms with Crippen molar-refractivity contribution in [2.24, 2.45) is 34.5 Å².